The lowest BCUT2D eigenvalue weighted by Crippen LogP contribution is -2.28. The predicted molar refractivity (Wildman–Crippen MR) is 196 cm³/mol. The molecule has 0 saturated heterocycles. The molecule has 228 valence electrons. The summed E-state index contributed by atoms with van der Waals surface area (Å²) >= 11 is 6.88. The highest BCUT2D eigenvalue weighted by atomic mass is 35.5. The van der Waals surface area contributed by atoms with Crippen LogP contribution < -0.4 is 0 Å². The smallest absolute Gasteiger partial charge is 0.0714 e. The van der Waals surface area contributed by atoms with Crippen molar-refractivity contribution in [3.63, 3.8) is 0 Å². The van der Waals surface area contributed by atoms with E-state index in [9.17, 15) is 0 Å². The van der Waals surface area contributed by atoms with E-state index in [4.69, 9.17) is 11.6 Å². The molecule has 2 saturated carbocycles. The van der Waals surface area contributed by atoms with E-state index in [-0.39, 0.29) is 5.41 Å². The highest BCUT2D eigenvalue weighted by molar-refractivity contribution is 6.30. The molecule has 0 bridgehead atoms. The van der Waals surface area contributed by atoms with Crippen LogP contribution in [-0.2, 0) is 10.8 Å². The molecule has 0 N–H and O–H groups in total. The van der Waals surface area contributed by atoms with E-state index < -0.39 is 5.41 Å². The normalized spacial score (nSPS) is 22.2. The molecule has 3 aliphatic rings. The fraction of sp³-hybridized carbons (Fsp3) is 0.200. The number of nitrogens with zero attached hydrogens (tertiary/aromatic N) is 1. The van der Waals surface area contributed by atoms with Gasteiger partial charge in [-0.25, -0.2) is 0 Å². The van der Waals surface area contributed by atoms with Crippen molar-refractivity contribution in [2.75, 3.05) is 0 Å². The van der Waals surface area contributed by atoms with Crippen LogP contribution in [0.1, 0.15) is 60.4 Å². The van der Waals surface area contributed by atoms with E-state index in [1.807, 2.05) is 0 Å². The van der Waals surface area contributed by atoms with Crippen molar-refractivity contribution in [2.45, 2.75) is 43.4 Å². The Labute approximate surface area is 281 Å². The Morgan fingerprint density at radius 2 is 1.21 bits per heavy atom. The van der Waals surface area contributed by atoms with Gasteiger partial charge >= 0.3 is 0 Å². The Hall–Kier alpha value is -4.59. The van der Waals surface area contributed by atoms with Gasteiger partial charge in [-0.05, 0) is 93.8 Å². The van der Waals surface area contributed by atoms with Crippen molar-refractivity contribution < 1.29 is 0 Å². The molecule has 1 nitrogen and oxygen atoms in total. The van der Waals surface area contributed by atoms with Crippen LogP contribution >= 0.6 is 11.6 Å². The molecule has 0 radical (unpaired) electrons. The maximum Gasteiger partial charge on any atom is 0.0714 e. The van der Waals surface area contributed by atoms with Gasteiger partial charge < -0.3 is 4.57 Å². The second-order valence-electron chi connectivity index (χ2n) is 14.2. The van der Waals surface area contributed by atoms with Crippen LogP contribution in [0.25, 0.3) is 38.6 Å². The molecule has 2 heteroatoms. The zero-order valence-corrected chi connectivity index (χ0v) is 27.3. The van der Waals surface area contributed by atoms with Gasteiger partial charge in [0.1, 0.15) is 0 Å². The van der Waals surface area contributed by atoms with Crippen molar-refractivity contribution in [1.82, 2.24) is 4.57 Å². The van der Waals surface area contributed by atoms with Crippen LogP contribution in [0, 0.1) is 11.8 Å². The molecule has 0 amide bonds. The van der Waals surface area contributed by atoms with Gasteiger partial charge in [0.2, 0.25) is 0 Å². The van der Waals surface area contributed by atoms with E-state index in [1.165, 1.54) is 86.6 Å². The molecule has 7 aromatic rings. The highest BCUT2D eigenvalue weighted by Gasteiger charge is 2.62. The number of fused-ring (bicyclic) bond motifs is 7. The molecular formula is C45H36ClN. The maximum atomic E-state index is 6.88. The number of para-hydroxylation sites is 1. The summed E-state index contributed by atoms with van der Waals surface area (Å²) in [5, 5.41) is 3.55. The van der Waals surface area contributed by atoms with Crippen molar-refractivity contribution in [1.29, 1.82) is 0 Å². The summed E-state index contributed by atoms with van der Waals surface area (Å²) in [5.74, 6) is 1.61. The van der Waals surface area contributed by atoms with Crippen LogP contribution in [-0.4, -0.2) is 4.57 Å². The van der Waals surface area contributed by atoms with Crippen LogP contribution in [0.5, 0.6) is 0 Å². The second-order valence-corrected chi connectivity index (χ2v) is 14.6. The number of hydrogen-bond donors (Lipinski definition) is 0. The molecular weight excluding hydrogens is 590 g/mol. The minimum atomic E-state index is -0.505. The quantitative estimate of drug-likeness (QED) is 0.183. The third-order valence-corrected chi connectivity index (χ3v) is 12.5. The SMILES string of the molecule is C[C@@]1(c2cccc3c2c2ccccc2n3-c2cccc3c2-c2ccc(Cl)cc2C3(c2ccccc2)c2ccccc2)C2CCCC[C@@H]21. The van der Waals surface area contributed by atoms with Gasteiger partial charge in [-0.15, -0.1) is 0 Å². The van der Waals surface area contributed by atoms with E-state index in [1.54, 1.807) is 5.56 Å². The maximum absolute atomic E-state index is 6.88. The molecule has 47 heavy (non-hydrogen) atoms. The molecule has 1 aromatic heterocycles. The summed E-state index contributed by atoms with van der Waals surface area (Å²) < 4.78 is 2.56. The second kappa shape index (κ2) is 9.96. The van der Waals surface area contributed by atoms with Gasteiger partial charge in [0, 0.05) is 21.4 Å². The lowest BCUT2D eigenvalue weighted by molar-refractivity contribution is 0.480. The molecule has 2 fully saturated rings. The van der Waals surface area contributed by atoms with E-state index in [0.29, 0.717) is 0 Å². The minimum absolute atomic E-state index is 0.253. The van der Waals surface area contributed by atoms with Crippen molar-refractivity contribution >= 4 is 33.4 Å². The molecule has 3 atom stereocenters. The first-order valence-electron chi connectivity index (χ1n) is 17.2. The number of rotatable bonds is 4. The molecule has 6 aromatic carbocycles. The molecule has 10 rings (SSSR count). The molecule has 0 spiro atoms. The first-order valence-corrected chi connectivity index (χ1v) is 17.6. The van der Waals surface area contributed by atoms with Gasteiger partial charge in [0.05, 0.1) is 22.1 Å². The summed E-state index contributed by atoms with van der Waals surface area (Å²) in [6.07, 6.45) is 5.48. The van der Waals surface area contributed by atoms with Crippen molar-refractivity contribution in [2.24, 2.45) is 11.8 Å². The summed E-state index contributed by atoms with van der Waals surface area (Å²) in [4.78, 5) is 0. The van der Waals surface area contributed by atoms with Crippen molar-refractivity contribution in [3.8, 4) is 16.8 Å². The molecule has 3 aliphatic carbocycles. The van der Waals surface area contributed by atoms with Gasteiger partial charge in [-0.3, -0.25) is 0 Å². The Morgan fingerprint density at radius 1 is 0.596 bits per heavy atom. The average Bonchev–Trinajstić information content (AvgIpc) is 3.44. The first kappa shape index (κ1) is 27.5. The summed E-state index contributed by atoms with van der Waals surface area (Å²) in [5.41, 5.74) is 12.6. The number of aromatic nitrogens is 1. The molecule has 0 aliphatic heterocycles. The predicted octanol–water partition coefficient (Wildman–Crippen LogP) is 11.9. The van der Waals surface area contributed by atoms with Gasteiger partial charge in [0.25, 0.3) is 0 Å². The Bertz CT molecular complexity index is 2300. The minimum Gasteiger partial charge on any atom is -0.309 e. The fourth-order valence-electron chi connectivity index (χ4n) is 10.2. The summed E-state index contributed by atoms with van der Waals surface area (Å²) in [6.45, 7) is 2.56. The Morgan fingerprint density at radius 3 is 1.94 bits per heavy atom. The number of benzene rings is 6. The van der Waals surface area contributed by atoms with E-state index in [0.717, 1.165) is 16.9 Å². The topological polar surface area (TPSA) is 4.93 Å². The number of halogens is 1. The summed E-state index contributed by atoms with van der Waals surface area (Å²) in [6, 6.07) is 51.7. The van der Waals surface area contributed by atoms with Gasteiger partial charge in [-0.1, -0.05) is 141 Å². The fourth-order valence-corrected chi connectivity index (χ4v) is 10.4. The zero-order chi connectivity index (χ0) is 31.3. The monoisotopic (exact) mass is 625 g/mol. The zero-order valence-electron chi connectivity index (χ0n) is 26.6. The largest absolute Gasteiger partial charge is 0.309 e. The average molecular weight is 626 g/mol. The van der Waals surface area contributed by atoms with Crippen LogP contribution in [0.3, 0.4) is 0 Å². The third kappa shape index (κ3) is 3.56. The molecule has 1 heterocycles. The third-order valence-electron chi connectivity index (χ3n) is 12.2. The van der Waals surface area contributed by atoms with Crippen LogP contribution in [0.15, 0.2) is 140 Å². The lowest BCUT2D eigenvalue weighted by Gasteiger charge is -2.34. The Balaban J connectivity index is 1.32. The number of hydrogen-bond acceptors (Lipinski definition) is 0. The van der Waals surface area contributed by atoms with E-state index in [2.05, 4.69) is 151 Å². The van der Waals surface area contributed by atoms with Crippen LogP contribution in [0.2, 0.25) is 5.02 Å². The van der Waals surface area contributed by atoms with E-state index >= 15 is 0 Å². The van der Waals surface area contributed by atoms with Crippen LogP contribution in [0.4, 0.5) is 0 Å². The molecule has 1 unspecified atom stereocenters. The first-order chi connectivity index (χ1) is 23.1. The van der Waals surface area contributed by atoms with Gasteiger partial charge in [0.15, 0.2) is 0 Å². The summed E-state index contributed by atoms with van der Waals surface area (Å²) in [7, 11) is 0. The standard InChI is InChI=1S/C45H36ClN/c1-44(34-19-9-10-20-35(34)44)36-21-12-24-41-43(36)33-18-8-11-23-39(33)47(41)40-25-13-22-37-42(40)32-27-26-31(46)28-38(32)45(37,29-14-4-2-5-15-29)30-16-6-3-7-17-30/h2-8,11-18,21-28,34-35H,9-10,19-20H2,1H3/t34-,35?,44-/m0/s1. The Kier molecular flexibility index (Phi) is 5.83. The highest BCUT2D eigenvalue weighted by Crippen LogP contribution is 2.67. The van der Waals surface area contributed by atoms with Crippen molar-refractivity contribution in [3.05, 3.63) is 172 Å². The van der Waals surface area contributed by atoms with Gasteiger partial charge in [-0.2, -0.15) is 0 Å². The lowest BCUT2D eigenvalue weighted by atomic mass is 9.68.